The van der Waals surface area contributed by atoms with E-state index >= 15 is 0 Å². The van der Waals surface area contributed by atoms with Crippen LogP contribution in [0.25, 0.3) is 5.76 Å². The summed E-state index contributed by atoms with van der Waals surface area (Å²) in [5.74, 6) is -1.44. The van der Waals surface area contributed by atoms with Crippen LogP contribution in [0, 0.1) is 5.82 Å². The number of carbonyl (C=O) groups is 2. The second kappa shape index (κ2) is 9.58. The summed E-state index contributed by atoms with van der Waals surface area (Å²) in [6, 6.07) is 19.3. The van der Waals surface area contributed by atoms with Crippen LogP contribution in [-0.4, -0.2) is 35.4 Å². The molecule has 3 aromatic rings. The monoisotopic (exact) mass is 509 g/mol. The first-order chi connectivity index (χ1) is 15.9. The zero-order valence-corrected chi connectivity index (χ0v) is 19.4. The molecular weight excluding hydrogens is 489 g/mol. The van der Waals surface area contributed by atoms with Gasteiger partial charge in [0.2, 0.25) is 0 Å². The molecule has 0 spiro atoms. The van der Waals surface area contributed by atoms with Gasteiger partial charge in [0.15, 0.2) is 0 Å². The number of amides is 1. The van der Waals surface area contributed by atoms with Gasteiger partial charge >= 0.3 is 0 Å². The maximum Gasteiger partial charge on any atom is 0.295 e. The van der Waals surface area contributed by atoms with Crippen molar-refractivity contribution in [3.8, 4) is 5.75 Å². The van der Waals surface area contributed by atoms with Gasteiger partial charge in [-0.15, -0.1) is 0 Å². The summed E-state index contributed by atoms with van der Waals surface area (Å²) < 4.78 is 19.1. The van der Waals surface area contributed by atoms with E-state index in [9.17, 15) is 19.1 Å². The number of benzene rings is 3. The molecule has 0 bridgehead atoms. The Morgan fingerprint density at radius 3 is 2.39 bits per heavy atom. The Morgan fingerprint density at radius 1 is 1.06 bits per heavy atom. The summed E-state index contributed by atoms with van der Waals surface area (Å²) in [6.07, 6.45) is 0.435. The largest absolute Gasteiger partial charge is 0.507 e. The zero-order chi connectivity index (χ0) is 23.5. The number of hydrogen-bond acceptors (Lipinski definition) is 4. The summed E-state index contributed by atoms with van der Waals surface area (Å²) in [4.78, 5) is 27.6. The van der Waals surface area contributed by atoms with Crippen LogP contribution in [0.15, 0.2) is 82.8 Å². The number of hydrogen-bond donors (Lipinski definition) is 1. The van der Waals surface area contributed by atoms with Crippen LogP contribution in [0.5, 0.6) is 5.75 Å². The van der Waals surface area contributed by atoms with Crippen LogP contribution in [0.1, 0.15) is 22.7 Å². The number of likely N-dealkylation sites (tertiary alicyclic amines) is 1. The second-order valence-corrected chi connectivity index (χ2v) is 8.48. The number of ether oxygens (including phenoxy) is 1. The summed E-state index contributed by atoms with van der Waals surface area (Å²) in [5.41, 5.74) is 1.97. The van der Waals surface area contributed by atoms with Crippen molar-refractivity contribution in [2.24, 2.45) is 0 Å². The number of halogens is 2. The molecule has 0 aromatic heterocycles. The van der Waals surface area contributed by atoms with Crippen molar-refractivity contribution in [2.45, 2.75) is 12.5 Å². The quantitative estimate of drug-likeness (QED) is 0.279. The molecule has 1 amide bonds. The second-order valence-electron chi connectivity index (χ2n) is 7.63. The minimum absolute atomic E-state index is 0.0300. The Labute approximate surface area is 199 Å². The molecule has 5 nitrogen and oxygen atoms in total. The number of ketones is 1. The lowest BCUT2D eigenvalue weighted by Crippen LogP contribution is -2.31. The van der Waals surface area contributed by atoms with Crippen LogP contribution >= 0.6 is 15.9 Å². The van der Waals surface area contributed by atoms with Gasteiger partial charge in [-0.05, 0) is 63.8 Å². The van der Waals surface area contributed by atoms with Gasteiger partial charge in [-0.25, -0.2) is 4.39 Å². The summed E-state index contributed by atoms with van der Waals surface area (Å²) in [7, 11) is 1.53. The van der Waals surface area contributed by atoms with E-state index in [2.05, 4.69) is 15.9 Å². The summed E-state index contributed by atoms with van der Waals surface area (Å²) in [5, 5.41) is 11.1. The fourth-order valence-electron chi connectivity index (χ4n) is 3.96. The average Bonchev–Trinajstić information content (AvgIpc) is 3.08. The Bertz CT molecular complexity index is 1220. The van der Waals surface area contributed by atoms with Crippen LogP contribution in [0.3, 0.4) is 0 Å². The molecule has 1 unspecified atom stereocenters. The van der Waals surface area contributed by atoms with Gasteiger partial charge in [-0.2, -0.15) is 0 Å². The molecule has 7 heteroatoms. The first kappa shape index (κ1) is 22.7. The third-order valence-corrected chi connectivity index (χ3v) is 6.25. The smallest absolute Gasteiger partial charge is 0.295 e. The first-order valence-electron chi connectivity index (χ1n) is 10.3. The van der Waals surface area contributed by atoms with Crippen LogP contribution in [0.2, 0.25) is 0 Å². The highest BCUT2D eigenvalue weighted by atomic mass is 79.9. The Morgan fingerprint density at radius 2 is 1.76 bits per heavy atom. The fourth-order valence-corrected chi connectivity index (χ4v) is 4.50. The van der Waals surface area contributed by atoms with Crippen LogP contribution in [0.4, 0.5) is 4.39 Å². The van der Waals surface area contributed by atoms with Gasteiger partial charge < -0.3 is 14.7 Å². The molecule has 1 N–H and O–H groups in total. The van der Waals surface area contributed by atoms with Gasteiger partial charge in [-0.1, -0.05) is 42.5 Å². The van der Waals surface area contributed by atoms with E-state index in [4.69, 9.17) is 4.74 Å². The van der Waals surface area contributed by atoms with E-state index in [1.807, 2.05) is 30.3 Å². The molecular formula is C26H21BrFNO4. The lowest BCUT2D eigenvalue weighted by molar-refractivity contribution is -0.139. The molecule has 1 atom stereocenters. The van der Waals surface area contributed by atoms with Crippen molar-refractivity contribution in [1.29, 1.82) is 0 Å². The van der Waals surface area contributed by atoms with Crippen molar-refractivity contribution in [1.82, 2.24) is 4.90 Å². The minimum Gasteiger partial charge on any atom is -0.507 e. The number of methoxy groups -OCH3 is 1. The maximum atomic E-state index is 13.2. The van der Waals surface area contributed by atoms with Crippen molar-refractivity contribution in [2.75, 3.05) is 13.7 Å². The molecule has 33 heavy (non-hydrogen) atoms. The maximum absolute atomic E-state index is 13.2. The Kier molecular flexibility index (Phi) is 6.60. The number of aliphatic hydroxyl groups is 1. The fraction of sp³-hybridized carbons (Fsp3) is 0.154. The molecule has 0 aliphatic carbocycles. The van der Waals surface area contributed by atoms with Crippen molar-refractivity contribution >= 4 is 33.4 Å². The predicted molar refractivity (Wildman–Crippen MR) is 126 cm³/mol. The zero-order valence-electron chi connectivity index (χ0n) is 17.8. The Balaban J connectivity index is 1.76. The number of aliphatic hydroxyl groups excluding tert-OH is 1. The van der Waals surface area contributed by atoms with Gasteiger partial charge in [0, 0.05) is 12.1 Å². The molecule has 168 valence electrons. The van der Waals surface area contributed by atoms with Gasteiger partial charge in [0.05, 0.1) is 23.2 Å². The van der Waals surface area contributed by atoms with E-state index in [0.717, 1.165) is 5.56 Å². The van der Waals surface area contributed by atoms with E-state index in [1.54, 1.807) is 30.3 Å². The van der Waals surface area contributed by atoms with Gasteiger partial charge in [0.1, 0.15) is 17.3 Å². The summed E-state index contributed by atoms with van der Waals surface area (Å²) in [6.45, 7) is 0.235. The predicted octanol–water partition coefficient (Wildman–Crippen LogP) is 5.26. The highest BCUT2D eigenvalue weighted by molar-refractivity contribution is 9.10. The van der Waals surface area contributed by atoms with Crippen LogP contribution in [-0.2, 0) is 16.0 Å². The number of nitrogens with zero attached hydrogens (tertiary/aromatic N) is 1. The Hall–Kier alpha value is -3.45. The number of carbonyl (C=O) groups excluding carboxylic acids is 2. The number of Topliss-reactive ketones (excluding diaryl/α,β-unsaturated/α-hetero) is 1. The van der Waals surface area contributed by atoms with Gasteiger partial charge in [-0.3, -0.25) is 9.59 Å². The lowest BCUT2D eigenvalue weighted by Gasteiger charge is -2.25. The van der Waals surface area contributed by atoms with Gasteiger partial charge in [0.25, 0.3) is 11.7 Å². The third-order valence-electron chi connectivity index (χ3n) is 5.64. The molecule has 1 aliphatic heterocycles. The van der Waals surface area contributed by atoms with Crippen LogP contribution < -0.4 is 4.74 Å². The van der Waals surface area contributed by atoms with E-state index in [0.29, 0.717) is 27.8 Å². The number of rotatable bonds is 6. The molecule has 1 fully saturated rings. The highest BCUT2D eigenvalue weighted by Crippen LogP contribution is 2.40. The van der Waals surface area contributed by atoms with E-state index < -0.39 is 17.7 Å². The standard InChI is InChI=1S/C26H21BrFNO4/c1-33-21-12-9-18(15-20(21)27)24(30)22-23(17-5-3-2-4-6-17)29(26(32)25(22)31)14-13-16-7-10-19(28)11-8-16/h2-12,15,23,30H,13-14H2,1H3/b24-22-. The highest BCUT2D eigenvalue weighted by Gasteiger charge is 2.45. The molecule has 4 rings (SSSR count). The topological polar surface area (TPSA) is 66.8 Å². The SMILES string of the molecule is COc1ccc(/C(O)=C2/C(=O)C(=O)N(CCc3ccc(F)cc3)C2c2ccccc2)cc1Br. The molecule has 3 aromatic carbocycles. The molecule has 1 saturated heterocycles. The molecule has 1 heterocycles. The lowest BCUT2D eigenvalue weighted by atomic mass is 9.95. The van der Waals surface area contributed by atoms with Crippen molar-refractivity contribution in [3.63, 3.8) is 0 Å². The normalized spacial score (nSPS) is 17.4. The molecule has 1 aliphatic rings. The average molecular weight is 510 g/mol. The molecule has 0 saturated carbocycles. The summed E-state index contributed by atoms with van der Waals surface area (Å²) >= 11 is 3.39. The molecule has 0 radical (unpaired) electrons. The first-order valence-corrected chi connectivity index (χ1v) is 11.1. The van der Waals surface area contributed by atoms with E-state index in [1.165, 1.54) is 24.1 Å². The minimum atomic E-state index is -0.743. The van der Waals surface area contributed by atoms with Crippen molar-refractivity contribution < 1.29 is 23.8 Å². The van der Waals surface area contributed by atoms with E-state index in [-0.39, 0.29) is 23.7 Å². The third kappa shape index (κ3) is 4.54. The van der Waals surface area contributed by atoms with Crippen molar-refractivity contribution in [3.05, 3.63) is 105 Å².